The fraction of sp³-hybridized carbons (Fsp3) is 0.800. The minimum atomic E-state index is -4.59. The van der Waals surface area contributed by atoms with Gasteiger partial charge in [0.25, 0.3) is 10.1 Å². The predicted octanol–water partition coefficient (Wildman–Crippen LogP) is 2.00. The van der Waals surface area contributed by atoms with Crippen LogP contribution in [-0.4, -0.2) is 38.5 Å². The van der Waals surface area contributed by atoms with E-state index >= 15 is 0 Å². The zero-order valence-corrected chi connectivity index (χ0v) is 14.3. The Labute approximate surface area is 143 Å². The fourth-order valence-corrected chi connectivity index (χ4v) is 4.67. The molecule has 0 aromatic carbocycles. The molecule has 0 saturated heterocycles. The van der Waals surface area contributed by atoms with Crippen molar-refractivity contribution in [2.24, 2.45) is 23.7 Å². The van der Waals surface area contributed by atoms with Crippen molar-refractivity contribution >= 4 is 21.7 Å². The molecule has 4 atom stereocenters. The van der Waals surface area contributed by atoms with Gasteiger partial charge in [-0.15, -0.1) is 0 Å². The van der Waals surface area contributed by atoms with Crippen LogP contribution in [0.4, 0.5) is 13.2 Å². The van der Waals surface area contributed by atoms with Gasteiger partial charge in [0, 0.05) is 11.8 Å². The quantitative estimate of drug-likeness (QED) is 0.515. The normalized spacial score (nSPS) is 28.8. The molecule has 2 saturated carbocycles. The Balaban J connectivity index is 2.29. The number of Topliss-reactive ketones (excluding diaryl/α,β-unsaturated/α-hetero) is 2. The number of nitrogens with zero attached hydrogens (tertiary/aromatic N) is 1. The number of hydrogen-bond acceptors (Lipinski definition) is 6. The zero-order valence-electron chi connectivity index (χ0n) is 13.5. The van der Waals surface area contributed by atoms with E-state index < -0.39 is 69.6 Å². The monoisotopic (exact) mass is 381 g/mol. The highest BCUT2D eigenvalue weighted by molar-refractivity contribution is 7.87. The molecule has 0 N–H and O–H groups in total. The van der Waals surface area contributed by atoms with E-state index in [1.54, 1.807) is 6.07 Å². The lowest BCUT2D eigenvalue weighted by Crippen LogP contribution is -2.46. The molecular formula is C15H18F3NO5S. The van der Waals surface area contributed by atoms with E-state index in [-0.39, 0.29) is 6.42 Å². The molecule has 0 aromatic rings. The Morgan fingerprint density at radius 2 is 1.76 bits per heavy atom. The van der Waals surface area contributed by atoms with Crippen LogP contribution < -0.4 is 0 Å². The van der Waals surface area contributed by atoms with Crippen LogP contribution >= 0.6 is 0 Å². The Morgan fingerprint density at radius 1 is 1.16 bits per heavy atom. The largest absolute Gasteiger partial charge is 0.391 e. The van der Waals surface area contributed by atoms with Gasteiger partial charge in [0.05, 0.1) is 24.3 Å². The first-order chi connectivity index (χ1) is 11.5. The van der Waals surface area contributed by atoms with Crippen molar-refractivity contribution in [3.63, 3.8) is 0 Å². The van der Waals surface area contributed by atoms with Crippen molar-refractivity contribution < 1.29 is 35.4 Å². The average Bonchev–Trinajstić information content (AvgIpc) is 3.38. The number of ketones is 2. The minimum Gasteiger partial charge on any atom is -0.297 e. The highest BCUT2D eigenvalue weighted by Crippen LogP contribution is 2.43. The van der Waals surface area contributed by atoms with E-state index in [0.29, 0.717) is 12.8 Å². The molecule has 0 spiro atoms. The average molecular weight is 381 g/mol. The van der Waals surface area contributed by atoms with E-state index in [1.807, 2.05) is 0 Å². The molecule has 0 amide bonds. The van der Waals surface area contributed by atoms with E-state index in [2.05, 4.69) is 4.18 Å². The topological polar surface area (TPSA) is 101 Å². The van der Waals surface area contributed by atoms with Gasteiger partial charge >= 0.3 is 6.18 Å². The number of hydrogen-bond donors (Lipinski definition) is 0. The molecule has 6 nitrogen and oxygen atoms in total. The van der Waals surface area contributed by atoms with Gasteiger partial charge in [-0.3, -0.25) is 13.8 Å². The second kappa shape index (κ2) is 7.03. The van der Waals surface area contributed by atoms with Crippen LogP contribution in [0.25, 0.3) is 0 Å². The summed E-state index contributed by atoms with van der Waals surface area (Å²) in [5.41, 5.74) is 0. The van der Waals surface area contributed by atoms with E-state index in [0.717, 1.165) is 7.11 Å². The molecule has 2 rings (SSSR count). The Hall–Kier alpha value is -1.47. The summed E-state index contributed by atoms with van der Waals surface area (Å²) in [6.07, 6.45) is -5.06. The first kappa shape index (κ1) is 19.8. The van der Waals surface area contributed by atoms with Crippen LogP contribution in [0.2, 0.25) is 0 Å². The van der Waals surface area contributed by atoms with Crippen LogP contribution in [-0.2, 0) is 23.9 Å². The number of halogens is 3. The Bertz CT molecular complexity index is 693. The molecule has 25 heavy (non-hydrogen) atoms. The summed E-state index contributed by atoms with van der Waals surface area (Å²) in [6.45, 7) is 0. The number of nitriles is 1. The third-order valence-corrected chi connectivity index (χ3v) is 6.63. The number of alkyl halides is 3. The molecule has 0 bridgehead atoms. The van der Waals surface area contributed by atoms with Crippen molar-refractivity contribution in [1.29, 1.82) is 5.26 Å². The molecule has 140 valence electrons. The first-order valence-corrected chi connectivity index (χ1v) is 9.33. The highest BCUT2D eigenvalue weighted by Gasteiger charge is 2.52. The van der Waals surface area contributed by atoms with E-state index in [4.69, 9.17) is 5.26 Å². The smallest absolute Gasteiger partial charge is 0.297 e. The lowest BCUT2D eigenvalue weighted by Gasteiger charge is -2.35. The van der Waals surface area contributed by atoms with Crippen LogP contribution in [0.5, 0.6) is 0 Å². The first-order valence-electron chi connectivity index (χ1n) is 7.86. The second-order valence-electron chi connectivity index (χ2n) is 6.50. The summed E-state index contributed by atoms with van der Waals surface area (Å²) in [5.74, 6) is -6.72. The molecule has 2 aliphatic rings. The molecule has 10 heteroatoms. The molecule has 2 fully saturated rings. The summed E-state index contributed by atoms with van der Waals surface area (Å²) in [7, 11) is -3.61. The van der Waals surface area contributed by atoms with Gasteiger partial charge in [-0.25, -0.2) is 0 Å². The second-order valence-corrected chi connectivity index (χ2v) is 8.42. The molecule has 0 aliphatic heterocycles. The van der Waals surface area contributed by atoms with Gasteiger partial charge in [-0.05, 0) is 32.1 Å². The maximum atomic E-state index is 13.0. The molecule has 0 aromatic heterocycles. The maximum absolute atomic E-state index is 13.0. The lowest BCUT2D eigenvalue weighted by molar-refractivity contribution is -0.184. The molecule has 4 unspecified atom stereocenters. The molecule has 2 aliphatic carbocycles. The van der Waals surface area contributed by atoms with Gasteiger partial charge in [-0.2, -0.15) is 26.9 Å². The van der Waals surface area contributed by atoms with Gasteiger partial charge < -0.3 is 0 Å². The van der Waals surface area contributed by atoms with Crippen molar-refractivity contribution in [3.05, 3.63) is 0 Å². The van der Waals surface area contributed by atoms with Gasteiger partial charge in [0.1, 0.15) is 0 Å². The summed E-state index contributed by atoms with van der Waals surface area (Å²) >= 11 is 0. The third kappa shape index (κ3) is 4.20. The van der Waals surface area contributed by atoms with Crippen LogP contribution in [0.15, 0.2) is 0 Å². The van der Waals surface area contributed by atoms with Gasteiger partial charge in [0.15, 0.2) is 17.5 Å². The number of carbonyl (C=O) groups excluding carboxylic acids is 2. The Morgan fingerprint density at radius 3 is 2.20 bits per heavy atom. The number of carbonyl (C=O) groups is 2. The molecular weight excluding hydrogens is 363 g/mol. The summed E-state index contributed by atoms with van der Waals surface area (Å²) in [4.78, 5) is 24.7. The van der Waals surface area contributed by atoms with Crippen molar-refractivity contribution in [2.75, 3.05) is 7.11 Å². The van der Waals surface area contributed by atoms with Crippen LogP contribution in [0.3, 0.4) is 0 Å². The van der Waals surface area contributed by atoms with Crippen molar-refractivity contribution in [1.82, 2.24) is 0 Å². The van der Waals surface area contributed by atoms with Gasteiger partial charge in [-0.1, -0.05) is 0 Å². The zero-order chi connectivity index (χ0) is 19.0. The number of rotatable bonds is 6. The van der Waals surface area contributed by atoms with Crippen molar-refractivity contribution in [3.8, 4) is 6.07 Å². The minimum absolute atomic E-state index is 0.355. The maximum Gasteiger partial charge on any atom is 0.391 e. The van der Waals surface area contributed by atoms with Crippen molar-refractivity contribution in [2.45, 2.75) is 43.5 Å². The lowest BCUT2D eigenvalue weighted by atomic mass is 9.75. The SMILES string of the molecule is COS(=O)(=O)C1CC(C(F)(F)F)CCC1C(=O)C(C#N)C(=O)C1CC1. The molecule has 0 radical (unpaired) electrons. The van der Waals surface area contributed by atoms with Crippen LogP contribution in [0, 0.1) is 35.0 Å². The molecule has 0 heterocycles. The van der Waals surface area contributed by atoms with Gasteiger partial charge in [0.2, 0.25) is 0 Å². The fourth-order valence-electron chi connectivity index (χ4n) is 3.28. The highest BCUT2D eigenvalue weighted by atomic mass is 32.2. The summed E-state index contributed by atoms with van der Waals surface area (Å²) < 4.78 is 67.4. The standard InChI is InChI=1S/C15H18F3NO5S/c1-24-25(22,23)12-6-9(15(16,17)18)4-5-10(12)14(21)11(7-19)13(20)8-2-3-8/h8-12H,2-6H2,1H3. The third-order valence-electron chi connectivity index (χ3n) is 4.90. The summed E-state index contributed by atoms with van der Waals surface area (Å²) in [5, 5.41) is 7.43. The summed E-state index contributed by atoms with van der Waals surface area (Å²) in [6, 6.07) is 1.59. The van der Waals surface area contributed by atoms with Crippen LogP contribution in [0.1, 0.15) is 32.1 Å². The Kier molecular flexibility index (Phi) is 5.59. The predicted molar refractivity (Wildman–Crippen MR) is 78.4 cm³/mol. The van der Waals surface area contributed by atoms with E-state index in [1.165, 1.54) is 0 Å². The van der Waals surface area contributed by atoms with E-state index in [9.17, 15) is 31.2 Å².